The SMILES string of the molecule is COc1cc(N2CCN(C(=O)Nc3ccccc3)CC2)nc(C)n1. The van der Waals surface area contributed by atoms with Gasteiger partial charge in [-0.25, -0.2) is 9.78 Å². The molecule has 1 aromatic carbocycles. The summed E-state index contributed by atoms with van der Waals surface area (Å²) >= 11 is 0. The van der Waals surface area contributed by atoms with Crippen LogP contribution in [-0.4, -0.2) is 54.2 Å². The number of carbonyl (C=O) groups is 1. The highest BCUT2D eigenvalue weighted by molar-refractivity contribution is 5.89. The first-order chi connectivity index (χ1) is 11.7. The van der Waals surface area contributed by atoms with Crippen LogP contribution in [0.25, 0.3) is 0 Å². The lowest BCUT2D eigenvalue weighted by molar-refractivity contribution is 0.208. The summed E-state index contributed by atoms with van der Waals surface area (Å²) in [6, 6.07) is 11.2. The fourth-order valence-electron chi connectivity index (χ4n) is 2.65. The monoisotopic (exact) mass is 327 g/mol. The zero-order chi connectivity index (χ0) is 16.9. The summed E-state index contributed by atoms with van der Waals surface area (Å²) in [6.45, 7) is 4.58. The van der Waals surface area contributed by atoms with Crippen molar-refractivity contribution >= 4 is 17.5 Å². The molecule has 1 saturated heterocycles. The molecule has 7 heteroatoms. The van der Waals surface area contributed by atoms with Gasteiger partial charge in [0.15, 0.2) is 0 Å². The number of nitrogens with one attached hydrogen (secondary N) is 1. The molecule has 0 saturated carbocycles. The molecule has 1 aliphatic heterocycles. The van der Waals surface area contributed by atoms with Crippen molar-refractivity contribution in [3.05, 3.63) is 42.2 Å². The Morgan fingerprint density at radius 3 is 2.50 bits per heavy atom. The Balaban J connectivity index is 1.59. The lowest BCUT2D eigenvalue weighted by atomic mass is 10.3. The van der Waals surface area contributed by atoms with Gasteiger partial charge in [-0.1, -0.05) is 18.2 Å². The van der Waals surface area contributed by atoms with Gasteiger partial charge in [0.25, 0.3) is 0 Å². The molecule has 1 fully saturated rings. The first-order valence-electron chi connectivity index (χ1n) is 7.91. The number of amides is 2. The van der Waals surface area contributed by atoms with Crippen LogP contribution in [-0.2, 0) is 0 Å². The van der Waals surface area contributed by atoms with Crippen molar-refractivity contribution in [3.63, 3.8) is 0 Å². The van der Waals surface area contributed by atoms with E-state index in [1.54, 1.807) is 7.11 Å². The fourth-order valence-corrected chi connectivity index (χ4v) is 2.65. The van der Waals surface area contributed by atoms with E-state index in [1.807, 2.05) is 48.2 Å². The van der Waals surface area contributed by atoms with E-state index < -0.39 is 0 Å². The third-order valence-corrected chi connectivity index (χ3v) is 3.93. The second-order valence-corrected chi connectivity index (χ2v) is 5.59. The Bertz CT molecular complexity index is 699. The number of benzene rings is 1. The van der Waals surface area contributed by atoms with Crippen LogP contribution in [0.3, 0.4) is 0 Å². The minimum atomic E-state index is -0.0719. The van der Waals surface area contributed by atoms with Gasteiger partial charge >= 0.3 is 6.03 Å². The summed E-state index contributed by atoms with van der Waals surface area (Å²) in [6.07, 6.45) is 0. The van der Waals surface area contributed by atoms with Gasteiger partial charge in [0, 0.05) is 37.9 Å². The number of piperazine rings is 1. The van der Waals surface area contributed by atoms with Gasteiger partial charge in [0.2, 0.25) is 5.88 Å². The second-order valence-electron chi connectivity index (χ2n) is 5.59. The van der Waals surface area contributed by atoms with E-state index in [9.17, 15) is 4.79 Å². The van der Waals surface area contributed by atoms with Crippen molar-refractivity contribution in [1.29, 1.82) is 0 Å². The largest absolute Gasteiger partial charge is 0.481 e. The van der Waals surface area contributed by atoms with Crippen molar-refractivity contribution in [3.8, 4) is 5.88 Å². The van der Waals surface area contributed by atoms with Gasteiger partial charge in [-0.05, 0) is 19.1 Å². The van der Waals surface area contributed by atoms with Crippen molar-refractivity contribution in [1.82, 2.24) is 14.9 Å². The quantitative estimate of drug-likeness (QED) is 0.935. The number of nitrogens with zero attached hydrogens (tertiary/aromatic N) is 4. The van der Waals surface area contributed by atoms with Gasteiger partial charge in [0.1, 0.15) is 11.6 Å². The van der Waals surface area contributed by atoms with Crippen LogP contribution in [0.4, 0.5) is 16.3 Å². The maximum atomic E-state index is 12.3. The Labute approximate surface area is 141 Å². The van der Waals surface area contributed by atoms with Gasteiger partial charge in [0.05, 0.1) is 7.11 Å². The van der Waals surface area contributed by atoms with Gasteiger partial charge in [-0.3, -0.25) is 0 Å². The van der Waals surface area contributed by atoms with Crippen molar-refractivity contribution < 1.29 is 9.53 Å². The maximum Gasteiger partial charge on any atom is 0.321 e. The zero-order valence-electron chi connectivity index (χ0n) is 13.9. The average molecular weight is 327 g/mol. The van der Waals surface area contributed by atoms with Crippen LogP contribution in [0, 0.1) is 6.92 Å². The minimum Gasteiger partial charge on any atom is -0.481 e. The molecule has 2 aromatic rings. The molecule has 2 heterocycles. The molecule has 3 rings (SSSR count). The highest BCUT2D eigenvalue weighted by Crippen LogP contribution is 2.19. The number of aromatic nitrogens is 2. The highest BCUT2D eigenvalue weighted by atomic mass is 16.5. The lowest BCUT2D eigenvalue weighted by Gasteiger charge is -2.35. The summed E-state index contributed by atoms with van der Waals surface area (Å²) in [5.74, 6) is 2.07. The average Bonchev–Trinajstić information content (AvgIpc) is 2.62. The molecule has 0 unspecified atom stereocenters. The molecule has 2 amide bonds. The Hall–Kier alpha value is -2.83. The molecule has 7 nitrogen and oxygen atoms in total. The number of hydrogen-bond acceptors (Lipinski definition) is 5. The van der Waals surface area contributed by atoms with E-state index in [0.29, 0.717) is 24.8 Å². The lowest BCUT2D eigenvalue weighted by Crippen LogP contribution is -2.50. The van der Waals surface area contributed by atoms with Gasteiger partial charge in [-0.2, -0.15) is 4.98 Å². The Kier molecular flexibility index (Phi) is 4.79. The normalized spacial score (nSPS) is 14.4. The standard InChI is InChI=1S/C17H21N5O2/c1-13-18-15(12-16(19-13)24-2)21-8-10-22(11-9-21)17(23)20-14-6-4-3-5-7-14/h3-7,12H,8-11H2,1-2H3,(H,20,23). The minimum absolute atomic E-state index is 0.0719. The molecular weight excluding hydrogens is 306 g/mol. The number of para-hydroxylation sites is 1. The summed E-state index contributed by atoms with van der Waals surface area (Å²) in [7, 11) is 1.59. The number of urea groups is 1. The molecule has 1 aliphatic rings. The number of anilines is 2. The van der Waals surface area contributed by atoms with E-state index in [4.69, 9.17) is 4.74 Å². The number of ether oxygens (including phenoxy) is 1. The van der Waals surface area contributed by atoms with E-state index in [-0.39, 0.29) is 6.03 Å². The van der Waals surface area contributed by atoms with Crippen LogP contribution in [0.15, 0.2) is 36.4 Å². The summed E-state index contributed by atoms with van der Waals surface area (Å²) in [5, 5.41) is 2.92. The fraction of sp³-hybridized carbons (Fsp3) is 0.353. The van der Waals surface area contributed by atoms with E-state index in [1.165, 1.54) is 0 Å². The molecule has 1 N–H and O–H groups in total. The number of rotatable bonds is 3. The predicted molar refractivity (Wildman–Crippen MR) is 92.6 cm³/mol. The van der Waals surface area contributed by atoms with Crippen molar-refractivity contribution in [2.24, 2.45) is 0 Å². The topological polar surface area (TPSA) is 70.6 Å². The molecular formula is C17H21N5O2. The van der Waals surface area contributed by atoms with E-state index in [0.717, 1.165) is 24.6 Å². The van der Waals surface area contributed by atoms with Crippen LogP contribution < -0.4 is 15.0 Å². The van der Waals surface area contributed by atoms with Crippen LogP contribution in [0.1, 0.15) is 5.82 Å². The summed E-state index contributed by atoms with van der Waals surface area (Å²) < 4.78 is 5.20. The summed E-state index contributed by atoms with van der Waals surface area (Å²) in [4.78, 5) is 24.9. The van der Waals surface area contributed by atoms with Crippen molar-refractivity contribution in [2.45, 2.75) is 6.92 Å². The first-order valence-corrected chi connectivity index (χ1v) is 7.91. The van der Waals surface area contributed by atoms with Gasteiger partial charge < -0.3 is 19.9 Å². The van der Waals surface area contributed by atoms with E-state index in [2.05, 4.69) is 20.2 Å². The molecule has 0 spiro atoms. The molecule has 126 valence electrons. The van der Waals surface area contributed by atoms with Crippen LogP contribution >= 0.6 is 0 Å². The van der Waals surface area contributed by atoms with Crippen LogP contribution in [0.5, 0.6) is 5.88 Å². The molecule has 1 aromatic heterocycles. The molecule has 0 bridgehead atoms. The molecule has 24 heavy (non-hydrogen) atoms. The second kappa shape index (κ2) is 7.16. The third-order valence-electron chi connectivity index (χ3n) is 3.93. The van der Waals surface area contributed by atoms with Gasteiger partial charge in [-0.15, -0.1) is 0 Å². The number of aryl methyl sites for hydroxylation is 1. The number of carbonyl (C=O) groups excluding carboxylic acids is 1. The number of hydrogen-bond donors (Lipinski definition) is 1. The van der Waals surface area contributed by atoms with Crippen molar-refractivity contribution in [2.75, 3.05) is 43.5 Å². The Morgan fingerprint density at radius 2 is 1.83 bits per heavy atom. The molecule has 0 aliphatic carbocycles. The molecule has 0 radical (unpaired) electrons. The first kappa shape index (κ1) is 16.0. The predicted octanol–water partition coefficient (Wildman–Crippen LogP) is 2.15. The van der Waals surface area contributed by atoms with E-state index >= 15 is 0 Å². The smallest absolute Gasteiger partial charge is 0.321 e. The third kappa shape index (κ3) is 3.73. The molecule has 0 atom stereocenters. The maximum absolute atomic E-state index is 12.3. The highest BCUT2D eigenvalue weighted by Gasteiger charge is 2.22. The van der Waals surface area contributed by atoms with Crippen LogP contribution in [0.2, 0.25) is 0 Å². The summed E-state index contributed by atoms with van der Waals surface area (Å²) in [5.41, 5.74) is 0.807. The number of methoxy groups -OCH3 is 1. The Morgan fingerprint density at radius 1 is 1.12 bits per heavy atom. The zero-order valence-corrected chi connectivity index (χ0v) is 13.9.